The van der Waals surface area contributed by atoms with Crippen LogP contribution in [0.1, 0.15) is 26.7 Å². The monoisotopic (exact) mass is 192 g/mol. The van der Waals surface area contributed by atoms with E-state index in [4.69, 9.17) is 5.26 Å². The second kappa shape index (κ2) is 3.83. The zero-order chi connectivity index (χ0) is 10.8. The molecule has 1 aliphatic rings. The van der Waals surface area contributed by atoms with Crippen molar-refractivity contribution >= 4 is 5.91 Å². The van der Waals surface area contributed by atoms with E-state index in [1.54, 1.807) is 4.90 Å². The van der Waals surface area contributed by atoms with E-state index in [1.807, 2.05) is 13.8 Å². The number of nitriles is 1. The van der Waals surface area contributed by atoms with Crippen LogP contribution in [0.25, 0.3) is 0 Å². The molecule has 1 heterocycles. The van der Waals surface area contributed by atoms with Gasteiger partial charge in [-0.15, -0.1) is 0 Å². The molecule has 76 valence electrons. The van der Waals surface area contributed by atoms with Crippen LogP contribution in [0.4, 0.5) is 0 Å². The smallest absolute Gasteiger partial charge is 0.247 e. The maximum absolute atomic E-state index is 11.5. The number of carbonyl (C=O) groups is 1. The summed E-state index contributed by atoms with van der Waals surface area (Å²) in [5.41, 5.74) is -0.105. The fraction of sp³-hybridized carbons (Fsp3) is 0.636. The van der Waals surface area contributed by atoms with Crippen molar-refractivity contribution in [3.63, 3.8) is 0 Å². The highest BCUT2D eigenvalue weighted by molar-refractivity contribution is 5.87. The van der Waals surface area contributed by atoms with Gasteiger partial charge in [-0.25, -0.2) is 0 Å². The Labute approximate surface area is 85.0 Å². The summed E-state index contributed by atoms with van der Waals surface area (Å²) in [5.74, 6) is -0.135. The Kier molecular flexibility index (Phi) is 2.95. The standard InChI is InChI=1S/C11H16N2O/c1-4-10(14)13-7-5-6-11(2,3)9(13)8-12/h4,9H,1,5-7H2,2-3H3. The molecule has 0 N–H and O–H groups in total. The summed E-state index contributed by atoms with van der Waals surface area (Å²) in [5, 5.41) is 9.06. The second-order valence-corrected chi connectivity index (χ2v) is 4.36. The van der Waals surface area contributed by atoms with Crippen molar-refractivity contribution in [1.29, 1.82) is 5.26 Å². The molecule has 1 saturated heterocycles. The van der Waals surface area contributed by atoms with Gasteiger partial charge in [-0.1, -0.05) is 20.4 Å². The van der Waals surface area contributed by atoms with Crippen LogP contribution in [0.2, 0.25) is 0 Å². The quantitative estimate of drug-likeness (QED) is 0.594. The van der Waals surface area contributed by atoms with Crippen LogP contribution in [0, 0.1) is 16.7 Å². The first-order chi connectivity index (χ1) is 6.53. The molecule has 0 aromatic rings. The third-order valence-corrected chi connectivity index (χ3v) is 2.85. The van der Waals surface area contributed by atoms with Gasteiger partial charge < -0.3 is 4.90 Å². The van der Waals surface area contributed by atoms with E-state index in [0.717, 1.165) is 12.8 Å². The predicted octanol–water partition coefficient (Wildman–Crippen LogP) is 1.71. The van der Waals surface area contributed by atoms with Crippen molar-refractivity contribution in [2.75, 3.05) is 6.54 Å². The largest absolute Gasteiger partial charge is 0.323 e. The van der Waals surface area contributed by atoms with Gasteiger partial charge in [0.05, 0.1) is 6.07 Å². The number of likely N-dealkylation sites (tertiary alicyclic amines) is 1. The number of hydrogen-bond donors (Lipinski definition) is 0. The molecule has 1 rings (SSSR count). The Bertz CT molecular complexity index is 288. The van der Waals surface area contributed by atoms with E-state index < -0.39 is 0 Å². The molecule has 14 heavy (non-hydrogen) atoms. The van der Waals surface area contributed by atoms with Gasteiger partial charge in [0.25, 0.3) is 0 Å². The predicted molar refractivity (Wildman–Crippen MR) is 54.3 cm³/mol. The number of rotatable bonds is 1. The molecular formula is C11H16N2O. The average molecular weight is 192 g/mol. The molecule has 0 aliphatic carbocycles. The van der Waals surface area contributed by atoms with Gasteiger partial charge in [-0.2, -0.15) is 5.26 Å². The fourth-order valence-corrected chi connectivity index (χ4v) is 1.99. The number of carbonyl (C=O) groups excluding carboxylic acids is 1. The van der Waals surface area contributed by atoms with Gasteiger partial charge in [0.15, 0.2) is 0 Å². The first kappa shape index (κ1) is 10.8. The van der Waals surface area contributed by atoms with Crippen LogP contribution in [0.3, 0.4) is 0 Å². The molecule has 0 bridgehead atoms. The van der Waals surface area contributed by atoms with Gasteiger partial charge in [0.2, 0.25) is 5.91 Å². The molecule has 1 unspecified atom stereocenters. The number of nitrogens with zero attached hydrogens (tertiary/aromatic N) is 2. The van der Waals surface area contributed by atoms with Crippen LogP contribution in [-0.2, 0) is 4.79 Å². The van der Waals surface area contributed by atoms with Crippen LogP contribution in [-0.4, -0.2) is 23.4 Å². The second-order valence-electron chi connectivity index (χ2n) is 4.36. The topological polar surface area (TPSA) is 44.1 Å². The molecule has 1 fully saturated rings. The molecule has 0 aromatic heterocycles. The summed E-state index contributed by atoms with van der Waals surface area (Å²) in [7, 11) is 0. The van der Waals surface area contributed by atoms with Crippen molar-refractivity contribution in [1.82, 2.24) is 4.90 Å². The summed E-state index contributed by atoms with van der Waals surface area (Å²) >= 11 is 0. The Morgan fingerprint density at radius 2 is 2.36 bits per heavy atom. The van der Waals surface area contributed by atoms with E-state index in [1.165, 1.54) is 6.08 Å². The van der Waals surface area contributed by atoms with Crippen LogP contribution in [0.5, 0.6) is 0 Å². The third-order valence-electron chi connectivity index (χ3n) is 2.85. The summed E-state index contributed by atoms with van der Waals surface area (Å²) in [4.78, 5) is 13.1. The highest BCUT2D eigenvalue weighted by Crippen LogP contribution is 2.34. The first-order valence-electron chi connectivity index (χ1n) is 4.85. The average Bonchev–Trinajstić information content (AvgIpc) is 2.15. The number of hydrogen-bond acceptors (Lipinski definition) is 2. The molecule has 3 nitrogen and oxygen atoms in total. The molecule has 3 heteroatoms. The van der Waals surface area contributed by atoms with Crippen molar-refractivity contribution in [2.45, 2.75) is 32.7 Å². The van der Waals surface area contributed by atoms with E-state index in [0.29, 0.717) is 6.54 Å². The van der Waals surface area contributed by atoms with E-state index in [-0.39, 0.29) is 17.4 Å². The highest BCUT2D eigenvalue weighted by atomic mass is 16.2. The van der Waals surface area contributed by atoms with E-state index >= 15 is 0 Å². The Hall–Kier alpha value is -1.30. The van der Waals surface area contributed by atoms with Crippen LogP contribution in [0.15, 0.2) is 12.7 Å². The zero-order valence-electron chi connectivity index (χ0n) is 8.79. The van der Waals surface area contributed by atoms with Crippen LogP contribution < -0.4 is 0 Å². The SMILES string of the molecule is C=CC(=O)N1CCCC(C)(C)C1C#N. The minimum absolute atomic E-state index is 0.105. The van der Waals surface area contributed by atoms with Gasteiger partial charge >= 0.3 is 0 Å². The minimum atomic E-state index is -0.318. The maximum Gasteiger partial charge on any atom is 0.247 e. The highest BCUT2D eigenvalue weighted by Gasteiger charge is 2.39. The summed E-state index contributed by atoms with van der Waals surface area (Å²) in [6.45, 7) is 8.19. The molecule has 0 radical (unpaired) electrons. The lowest BCUT2D eigenvalue weighted by molar-refractivity contribution is -0.131. The van der Waals surface area contributed by atoms with Gasteiger partial charge in [0, 0.05) is 6.54 Å². The lowest BCUT2D eigenvalue weighted by Crippen LogP contribution is -2.51. The summed E-state index contributed by atoms with van der Waals surface area (Å²) < 4.78 is 0. The summed E-state index contributed by atoms with van der Waals surface area (Å²) in [6.07, 6.45) is 3.24. The maximum atomic E-state index is 11.5. The van der Waals surface area contributed by atoms with Gasteiger partial charge in [-0.3, -0.25) is 4.79 Å². The Morgan fingerprint density at radius 1 is 1.71 bits per heavy atom. The van der Waals surface area contributed by atoms with Crippen molar-refractivity contribution in [3.8, 4) is 6.07 Å². The first-order valence-corrected chi connectivity index (χ1v) is 4.85. The Morgan fingerprint density at radius 3 is 2.86 bits per heavy atom. The third kappa shape index (κ3) is 1.79. The molecule has 0 aromatic carbocycles. The molecule has 0 saturated carbocycles. The number of amides is 1. The van der Waals surface area contributed by atoms with Crippen LogP contribution >= 0.6 is 0 Å². The molecule has 0 spiro atoms. The van der Waals surface area contributed by atoms with Crippen molar-refractivity contribution in [3.05, 3.63) is 12.7 Å². The summed E-state index contributed by atoms with van der Waals surface area (Å²) in [6, 6.07) is 1.90. The lowest BCUT2D eigenvalue weighted by atomic mass is 9.77. The normalized spacial score (nSPS) is 25.2. The molecule has 1 amide bonds. The number of piperidine rings is 1. The van der Waals surface area contributed by atoms with Gasteiger partial charge in [-0.05, 0) is 24.3 Å². The fourth-order valence-electron chi connectivity index (χ4n) is 1.99. The molecule has 1 atom stereocenters. The van der Waals surface area contributed by atoms with Crippen molar-refractivity contribution in [2.24, 2.45) is 5.41 Å². The lowest BCUT2D eigenvalue weighted by Gasteiger charge is -2.42. The van der Waals surface area contributed by atoms with Crippen molar-refractivity contribution < 1.29 is 4.79 Å². The van der Waals surface area contributed by atoms with Gasteiger partial charge in [0.1, 0.15) is 6.04 Å². The minimum Gasteiger partial charge on any atom is -0.323 e. The molecule has 1 aliphatic heterocycles. The van der Waals surface area contributed by atoms with E-state index in [2.05, 4.69) is 12.6 Å². The Balaban J connectivity index is 2.91. The molecular weight excluding hydrogens is 176 g/mol. The zero-order valence-corrected chi connectivity index (χ0v) is 8.79. The van der Waals surface area contributed by atoms with E-state index in [9.17, 15) is 4.79 Å².